The van der Waals surface area contributed by atoms with Crippen LogP contribution in [0.3, 0.4) is 0 Å². The van der Waals surface area contributed by atoms with Gasteiger partial charge in [-0.25, -0.2) is 4.98 Å². The highest BCUT2D eigenvalue weighted by molar-refractivity contribution is 6.00. The number of fused-ring (bicyclic) bond motifs is 2. The molecule has 1 aromatic rings. The van der Waals surface area contributed by atoms with E-state index in [0.29, 0.717) is 0 Å². The number of pyridine rings is 1. The van der Waals surface area contributed by atoms with Crippen molar-refractivity contribution in [3.8, 4) is 0 Å². The molecule has 114 valence electrons. The molecule has 0 aliphatic carbocycles. The zero-order valence-electron chi connectivity index (χ0n) is 13.0. The first kappa shape index (κ1) is 15.8. The molecule has 2 rings (SSSR count). The molecule has 0 radical (unpaired) electrons. The SMILES string of the molecule is CC1=NCCCNCCNCCN=C(C)c2cccc1n2. The molecule has 2 bridgehead atoms. The molecule has 0 fully saturated rings. The van der Waals surface area contributed by atoms with Crippen molar-refractivity contribution >= 4 is 11.4 Å². The molecule has 5 heteroatoms. The largest absolute Gasteiger partial charge is 0.315 e. The van der Waals surface area contributed by atoms with Crippen LogP contribution < -0.4 is 10.6 Å². The maximum atomic E-state index is 4.67. The molecule has 0 unspecified atom stereocenters. The van der Waals surface area contributed by atoms with Gasteiger partial charge in [0.2, 0.25) is 0 Å². The number of hydrogen-bond acceptors (Lipinski definition) is 5. The summed E-state index contributed by atoms with van der Waals surface area (Å²) in [6.45, 7) is 9.54. The number of aliphatic imine (C=N–C) groups is 2. The second-order valence-corrected chi connectivity index (χ2v) is 5.20. The van der Waals surface area contributed by atoms with E-state index >= 15 is 0 Å². The Bertz CT molecular complexity index is 466. The Kier molecular flexibility index (Phi) is 6.50. The van der Waals surface area contributed by atoms with E-state index in [1.54, 1.807) is 0 Å². The van der Waals surface area contributed by atoms with Crippen LogP contribution in [-0.2, 0) is 0 Å². The van der Waals surface area contributed by atoms with Crippen molar-refractivity contribution in [1.82, 2.24) is 15.6 Å². The zero-order chi connectivity index (χ0) is 14.9. The Morgan fingerprint density at radius 1 is 0.810 bits per heavy atom. The summed E-state index contributed by atoms with van der Waals surface area (Å²) in [7, 11) is 0. The van der Waals surface area contributed by atoms with E-state index in [1.165, 1.54) is 0 Å². The van der Waals surface area contributed by atoms with Crippen LogP contribution >= 0.6 is 0 Å². The van der Waals surface area contributed by atoms with Crippen LogP contribution in [-0.4, -0.2) is 55.7 Å². The molecular formula is C16H25N5. The first-order valence-corrected chi connectivity index (χ1v) is 7.69. The van der Waals surface area contributed by atoms with Gasteiger partial charge in [-0.1, -0.05) is 6.07 Å². The summed E-state index contributed by atoms with van der Waals surface area (Å²) in [5.41, 5.74) is 3.87. The highest BCUT2D eigenvalue weighted by Gasteiger charge is 2.04. The van der Waals surface area contributed by atoms with E-state index in [9.17, 15) is 0 Å². The highest BCUT2D eigenvalue weighted by Crippen LogP contribution is 2.04. The fourth-order valence-corrected chi connectivity index (χ4v) is 2.18. The van der Waals surface area contributed by atoms with E-state index in [0.717, 1.165) is 68.5 Å². The van der Waals surface area contributed by atoms with Gasteiger partial charge < -0.3 is 10.6 Å². The third-order valence-corrected chi connectivity index (χ3v) is 3.47. The van der Waals surface area contributed by atoms with Crippen LogP contribution in [0.1, 0.15) is 31.7 Å². The second kappa shape index (κ2) is 8.64. The molecule has 0 aromatic carbocycles. The minimum atomic E-state index is 0.783. The molecule has 2 N–H and O–H groups in total. The molecule has 0 amide bonds. The molecule has 0 atom stereocenters. The highest BCUT2D eigenvalue weighted by atomic mass is 15.0. The van der Waals surface area contributed by atoms with Gasteiger partial charge in [0.25, 0.3) is 0 Å². The monoisotopic (exact) mass is 287 g/mol. The Morgan fingerprint density at radius 3 is 2.14 bits per heavy atom. The van der Waals surface area contributed by atoms with Gasteiger partial charge in [0.1, 0.15) is 0 Å². The summed E-state index contributed by atoms with van der Waals surface area (Å²) in [5.74, 6) is 0. The van der Waals surface area contributed by atoms with Crippen molar-refractivity contribution in [3.63, 3.8) is 0 Å². The molecule has 0 spiro atoms. The van der Waals surface area contributed by atoms with Gasteiger partial charge in [0.05, 0.1) is 29.4 Å². The fourth-order valence-electron chi connectivity index (χ4n) is 2.18. The van der Waals surface area contributed by atoms with Crippen molar-refractivity contribution in [3.05, 3.63) is 29.6 Å². The van der Waals surface area contributed by atoms with E-state index in [2.05, 4.69) is 25.6 Å². The van der Waals surface area contributed by atoms with Gasteiger partial charge in [-0.3, -0.25) is 9.98 Å². The van der Waals surface area contributed by atoms with Crippen molar-refractivity contribution in [1.29, 1.82) is 0 Å². The average molecular weight is 287 g/mol. The van der Waals surface area contributed by atoms with E-state index in [4.69, 9.17) is 0 Å². The fraction of sp³-hybridized carbons (Fsp3) is 0.562. The van der Waals surface area contributed by atoms with Gasteiger partial charge in [-0.15, -0.1) is 0 Å². The lowest BCUT2D eigenvalue weighted by atomic mass is 10.2. The molecule has 0 saturated heterocycles. The van der Waals surface area contributed by atoms with E-state index < -0.39 is 0 Å². The quantitative estimate of drug-likeness (QED) is 0.756. The van der Waals surface area contributed by atoms with Crippen LogP contribution in [0.5, 0.6) is 0 Å². The van der Waals surface area contributed by atoms with Crippen molar-refractivity contribution in [2.75, 3.05) is 39.3 Å². The summed E-state index contributed by atoms with van der Waals surface area (Å²) in [5, 5.41) is 6.80. The Labute approximate surface area is 127 Å². The standard InChI is InChI=1S/C16H25N5/c1-13-15-5-3-6-16(21-15)14(2)20-12-11-18-10-9-17-7-4-8-19-13/h3,5-6,17-18H,4,7-12H2,1-2H3. The first-order valence-electron chi connectivity index (χ1n) is 7.69. The number of nitrogens with one attached hydrogen (secondary N) is 2. The van der Waals surface area contributed by atoms with Gasteiger partial charge in [0, 0.05) is 26.2 Å². The smallest absolute Gasteiger partial charge is 0.0845 e. The third kappa shape index (κ3) is 5.36. The summed E-state index contributed by atoms with van der Waals surface area (Å²) in [6, 6.07) is 6.05. The van der Waals surface area contributed by atoms with E-state index in [-0.39, 0.29) is 0 Å². The van der Waals surface area contributed by atoms with Gasteiger partial charge in [-0.05, 0) is 38.9 Å². The van der Waals surface area contributed by atoms with Crippen LogP contribution in [0.4, 0.5) is 0 Å². The molecule has 1 aliphatic rings. The summed E-state index contributed by atoms with van der Waals surface area (Å²) >= 11 is 0. The summed E-state index contributed by atoms with van der Waals surface area (Å²) in [6.07, 6.45) is 1.05. The van der Waals surface area contributed by atoms with Crippen molar-refractivity contribution in [2.24, 2.45) is 9.98 Å². The number of aromatic nitrogens is 1. The normalized spacial score (nSPS) is 18.8. The lowest BCUT2D eigenvalue weighted by Gasteiger charge is -2.08. The van der Waals surface area contributed by atoms with Crippen LogP contribution in [0.25, 0.3) is 0 Å². The first-order chi connectivity index (χ1) is 10.3. The van der Waals surface area contributed by atoms with Gasteiger partial charge in [0.15, 0.2) is 0 Å². The molecule has 2 heterocycles. The van der Waals surface area contributed by atoms with Crippen LogP contribution in [0.15, 0.2) is 28.2 Å². The van der Waals surface area contributed by atoms with Crippen molar-refractivity contribution in [2.45, 2.75) is 20.3 Å². The molecule has 1 aliphatic heterocycles. The molecule has 0 saturated carbocycles. The van der Waals surface area contributed by atoms with Crippen LogP contribution in [0, 0.1) is 0 Å². The maximum Gasteiger partial charge on any atom is 0.0845 e. The Hall–Kier alpha value is -1.59. The minimum absolute atomic E-state index is 0.783. The predicted molar refractivity (Wildman–Crippen MR) is 88.7 cm³/mol. The maximum absolute atomic E-state index is 4.67. The van der Waals surface area contributed by atoms with E-state index in [1.807, 2.05) is 32.0 Å². The lowest BCUT2D eigenvalue weighted by Crippen LogP contribution is -2.29. The summed E-state index contributed by atoms with van der Waals surface area (Å²) < 4.78 is 0. The Balaban J connectivity index is 2.16. The zero-order valence-corrected chi connectivity index (χ0v) is 13.0. The average Bonchev–Trinajstić information content (AvgIpc) is 2.51. The molecule has 21 heavy (non-hydrogen) atoms. The van der Waals surface area contributed by atoms with Crippen LogP contribution in [0.2, 0.25) is 0 Å². The molecule has 5 nitrogen and oxygen atoms in total. The third-order valence-electron chi connectivity index (χ3n) is 3.47. The second-order valence-electron chi connectivity index (χ2n) is 5.20. The number of rotatable bonds is 0. The molecular weight excluding hydrogens is 262 g/mol. The number of hydrogen-bond donors (Lipinski definition) is 2. The molecule has 1 aromatic heterocycles. The summed E-state index contributed by atoms with van der Waals surface area (Å²) in [4.78, 5) is 13.9. The minimum Gasteiger partial charge on any atom is -0.315 e. The number of nitrogens with zero attached hydrogens (tertiary/aromatic N) is 3. The lowest BCUT2D eigenvalue weighted by molar-refractivity contribution is 0.603. The van der Waals surface area contributed by atoms with Gasteiger partial charge in [-0.2, -0.15) is 0 Å². The predicted octanol–water partition coefficient (Wildman–Crippen LogP) is 1.28. The van der Waals surface area contributed by atoms with Crippen molar-refractivity contribution < 1.29 is 0 Å². The topological polar surface area (TPSA) is 61.7 Å². The Morgan fingerprint density at radius 2 is 1.43 bits per heavy atom. The van der Waals surface area contributed by atoms with Gasteiger partial charge >= 0.3 is 0 Å².